The second-order valence-electron chi connectivity index (χ2n) is 8.65. The zero-order chi connectivity index (χ0) is 28.3. The van der Waals surface area contributed by atoms with Gasteiger partial charge in [0.15, 0.2) is 11.5 Å². The summed E-state index contributed by atoms with van der Waals surface area (Å²) in [6.07, 6.45) is 0. The van der Waals surface area contributed by atoms with Crippen molar-refractivity contribution in [2.24, 2.45) is 0 Å². The van der Waals surface area contributed by atoms with Gasteiger partial charge in [-0.1, -0.05) is 48.0 Å². The number of aliphatic hydroxyl groups excluding tert-OH is 1. The van der Waals surface area contributed by atoms with Crippen LogP contribution in [0.2, 0.25) is 5.02 Å². The van der Waals surface area contributed by atoms with E-state index in [0.29, 0.717) is 10.6 Å². The van der Waals surface area contributed by atoms with Crippen LogP contribution < -0.4 is 10.0 Å². The number of carboxylic acid groups (broad SMARTS) is 1. The molecule has 12 heteroatoms. The van der Waals surface area contributed by atoms with Crippen molar-refractivity contribution in [3.8, 4) is 0 Å². The quantitative estimate of drug-likeness (QED) is 0.283. The molecule has 0 saturated carbocycles. The van der Waals surface area contributed by atoms with E-state index in [1.165, 1.54) is 54.3 Å². The van der Waals surface area contributed by atoms with Gasteiger partial charge < -0.3 is 20.4 Å². The SMILES string of the molecule is CC(=O)C1=C(O)C(=O)N(CCNc2cccc(S(=O)(=O)Nc3ccc(Cl)cc3)c2C(=O)O)C1c1ccccc1. The van der Waals surface area contributed by atoms with Crippen molar-refractivity contribution >= 4 is 50.7 Å². The van der Waals surface area contributed by atoms with Gasteiger partial charge in [-0.2, -0.15) is 0 Å². The van der Waals surface area contributed by atoms with E-state index in [1.54, 1.807) is 30.3 Å². The fourth-order valence-corrected chi connectivity index (χ4v) is 5.79. The number of carbonyl (C=O) groups is 3. The Morgan fingerprint density at radius 3 is 2.28 bits per heavy atom. The van der Waals surface area contributed by atoms with Gasteiger partial charge in [-0.15, -0.1) is 0 Å². The van der Waals surface area contributed by atoms with Crippen LogP contribution in [0.3, 0.4) is 0 Å². The number of hydrogen-bond donors (Lipinski definition) is 4. The highest BCUT2D eigenvalue weighted by Gasteiger charge is 2.42. The van der Waals surface area contributed by atoms with Gasteiger partial charge in [0.25, 0.3) is 15.9 Å². The molecule has 39 heavy (non-hydrogen) atoms. The van der Waals surface area contributed by atoms with Crippen LogP contribution in [0, 0.1) is 0 Å². The first-order valence-corrected chi connectivity index (χ1v) is 13.6. The lowest BCUT2D eigenvalue weighted by atomic mass is 9.97. The molecule has 1 atom stereocenters. The topological polar surface area (TPSA) is 153 Å². The number of nitrogens with zero attached hydrogens (tertiary/aromatic N) is 1. The first kappa shape index (κ1) is 27.7. The summed E-state index contributed by atoms with van der Waals surface area (Å²) in [6.45, 7) is 1.22. The first-order chi connectivity index (χ1) is 18.5. The minimum Gasteiger partial charge on any atom is -0.503 e. The Labute approximate surface area is 229 Å². The van der Waals surface area contributed by atoms with E-state index in [0.717, 1.165) is 0 Å². The maximum absolute atomic E-state index is 13.1. The summed E-state index contributed by atoms with van der Waals surface area (Å²) in [7, 11) is -4.30. The van der Waals surface area contributed by atoms with Gasteiger partial charge in [-0.25, -0.2) is 13.2 Å². The molecule has 4 N–H and O–H groups in total. The number of ketones is 1. The Morgan fingerprint density at radius 1 is 1.00 bits per heavy atom. The minimum absolute atomic E-state index is 0.00774. The predicted octanol–water partition coefficient (Wildman–Crippen LogP) is 4.24. The molecule has 0 fully saturated rings. The standard InChI is InChI=1S/C27H24ClN3O7S/c1-16(32)22-24(17-6-3-2-4-7-17)31(26(34)25(22)33)15-14-29-20-8-5-9-21(23(20)27(35)36)39(37,38)30-19-12-10-18(28)11-13-19/h2-13,24,29-30,33H,14-15H2,1H3,(H,35,36). The van der Waals surface area contributed by atoms with Crippen molar-refractivity contribution in [2.75, 3.05) is 23.1 Å². The zero-order valence-electron chi connectivity index (χ0n) is 20.6. The number of aliphatic hydroxyl groups is 1. The van der Waals surface area contributed by atoms with Gasteiger partial charge in [-0.05, 0) is 48.9 Å². The number of sulfonamides is 1. The molecule has 0 aromatic heterocycles. The molecular formula is C27H24ClN3O7S. The number of amides is 1. The molecular weight excluding hydrogens is 546 g/mol. The second-order valence-corrected chi connectivity index (χ2v) is 10.7. The van der Waals surface area contributed by atoms with Gasteiger partial charge in [0.2, 0.25) is 0 Å². The lowest BCUT2D eigenvalue weighted by Gasteiger charge is -2.27. The number of rotatable bonds is 10. The van der Waals surface area contributed by atoms with E-state index in [2.05, 4.69) is 10.0 Å². The Kier molecular flexibility index (Phi) is 7.93. The Hall–Kier alpha value is -4.35. The van der Waals surface area contributed by atoms with E-state index < -0.39 is 49.9 Å². The number of Topliss-reactive ketones (excluding diaryl/α,β-unsaturated/α-hetero) is 1. The number of nitrogens with one attached hydrogen (secondary N) is 2. The third-order valence-corrected chi connectivity index (χ3v) is 7.77. The lowest BCUT2D eigenvalue weighted by molar-refractivity contribution is -0.129. The summed E-state index contributed by atoms with van der Waals surface area (Å²) >= 11 is 5.85. The molecule has 1 heterocycles. The number of anilines is 2. The van der Waals surface area contributed by atoms with Crippen molar-refractivity contribution in [1.82, 2.24) is 4.90 Å². The summed E-state index contributed by atoms with van der Waals surface area (Å²) in [5.74, 6) is -3.31. The van der Waals surface area contributed by atoms with Crippen LogP contribution in [0.25, 0.3) is 0 Å². The van der Waals surface area contributed by atoms with Crippen LogP contribution in [0.4, 0.5) is 11.4 Å². The van der Waals surface area contributed by atoms with Crippen LogP contribution in [0.5, 0.6) is 0 Å². The molecule has 4 rings (SSSR count). The van der Waals surface area contributed by atoms with E-state index in [1.807, 2.05) is 0 Å². The van der Waals surface area contributed by atoms with Crippen molar-refractivity contribution in [3.05, 3.63) is 100 Å². The maximum atomic E-state index is 13.1. The van der Waals surface area contributed by atoms with Gasteiger partial charge >= 0.3 is 5.97 Å². The largest absolute Gasteiger partial charge is 0.503 e. The van der Waals surface area contributed by atoms with E-state index in [-0.39, 0.29) is 30.0 Å². The van der Waals surface area contributed by atoms with Crippen LogP contribution in [0.1, 0.15) is 28.9 Å². The van der Waals surface area contributed by atoms with Crippen LogP contribution in [0.15, 0.2) is 89.0 Å². The molecule has 202 valence electrons. The fraction of sp³-hybridized carbons (Fsp3) is 0.148. The van der Waals surface area contributed by atoms with Crippen molar-refractivity contribution in [2.45, 2.75) is 17.9 Å². The summed E-state index contributed by atoms with van der Waals surface area (Å²) < 4.78 is 28.5. The molecule has 0 saturated heterocycles. The smallest absolute Gasteiger partial charge is 0.339 e. The van der Waals surface area contributed by atoms with E-state index >= 15 is 0 Å². The second kappa shape index (κ2) is 11.2. The van der Waals surface area contributed by atoms with Crippen molar-refractivity contribution in [1.29, 1.82) is 0 Å². The van der Waals surface area contributed by atoms with Crippen LogP contribution in [-0.2, 0) is 19.6 Å². The number of carboxylic acids is 1. The maximum Gasteiger partial charge on any atom is 0.339 e. The molecule has 10 nitrogen and oxygen atoms in total. The summed E-state index contributed by atoms with van der Waals surface area (Å²) in [5, 5.41) is 23.6. The molecule has 0 spiro atoms. The number of aromatic carboxylic acids is 1. The molecule has 1 amide bonds. The normalized spacial score (nSPS) is 15.4. The first-order valence-electron chi connectivity index (χ1n) is 11.7. The Bertz CT molecular complexity index is 1570. The van der Waals surface area contributed by atoms with E-state index in [4.69, 9.17) is 11.6 Å². The Balaban J connectivity index is 1.58. The molecule has 3 aromatic rings. The van der Waals surface area contributed by atoms with E-state index in [9.17, 15) is 33.0 Å². The summed E-state index contributed by atoms with van der Waals surface area (Å²) in [5.41, 5.74) is 0.304. The van der Waals surface area contributed by atoms with Crippen LogP contribution in [-0.4, -0.2) is 54.3 Å². The monoisotopic (exact) mass is 569 g/mol. The molecule has 1 unspecified atom stereocenters. The van der Waals surface area contributed by atoms with Gasteiger partial charge in [0, 0.05) is 23.8 Å². The fourth-order valence-electron chi connectivity index (χ4n) is 4.39. The summed E-state index contributed by atoms with van der Waals surface area (Å²) in [4.78, 5) is 38.1. The number of hydrogen-bond acceptors (Lipinski definition) is 7. The highest BCUT2D eigenvalue weighted by Crippen LogP contribution is 2.37. The lowest BCUT2D eigenvalue weighted by Crippen LogP contribution is -2.35. The molecule has 0 aliphatic carbocycles. The van der Waals surface area contributed by atoms with Crippen LogP contribution >= 0.6 is 11.6 Å². The molecule has 1 aliphatic heterocycles. The zero-order valence-corrected chi connectivity index (χ0v) is 22.2. The highest BCUT2D eigenvalue weighted by atomic mass is 35.5. The van der Waals surface area contributed by atoms with Gasteiger partial charge in [-0.3, -0.25) is 14.3 Å². The third-order valence-electron chi connectivity index (χ3n) is 6.09. The minimum atomic E-state index is -4.30. The average Bonchev–Trinajstić information content (AvgIpc) is 3.15. The van der Waals surface area contributed by atoms with Gasteiger partial charge in [0.05, 0.1) is 17.3 Å². The highest BCUT2D eigenvalue weighted by molar-refractivity contribution is 7.92. The third kappa shape index (κ3) is 5.74. The number of carbonyl (C=O) groups excluding carboxylic acids is 2. The van der Waals surface area contributed by atoms with Gasteiger partial charge in [0.1, 0.15) is 10.5 Å². The average molecular weight is 570 g/mol. The number of halogens is 1. The van der Waals surface area contributed by atoms with Crippen molar-refractivity contribution < 1.29 is 33.0 Å². The molecule has 0 bridgehead atoms. The molecule has 0 radical (unpaired) electrons. The Morgan fingerprint density at radius 2 is 1.67 bits per heavy atom. The summed E-state index contributed by atoms with van der Waals surface area (Å²) in [6, 6.07) is 17.7. The van der Waals surface area contributed by atoms with Crippen molar-refractivity contribution in [3.63, 3.8) is 0 Å². The number of benzene rings is 3. The molecule has 1 aliphatic rings. The molecule has 3 aromatic carbocycles. The predicted molar refractivity (Wildman–Crippen MR) is 145 cm³/mol.